The summed E-state index contributed by atoms with van der Waals surface area (Å²) in [4.78, 5) is 0.0440. The molecule has 0 spiro atoms. The smallest absolute Gasteiger partial charge is 0.143 e. The molecule has 0 heterocycles. The molecule has 1 atom stereocenters. The molecule has 4 N–H and O–H groups in total. The van der Waals surface area contributed by atoms with Gasteiger partial charge < -0.3 is 11.5 Å². The number of nitrogens with zero attached hydrogens (tertiary/aromatic N) is 1. The van der Waals surface area contributed by atoms with Gasteiger partial charge in [-0.05, 0) is 0 Å². The van der Waals surface area contributed by atoms with Crippen LogP contribution >= 0.6 is 12.2 Å². The summed E-state index contributed by atoms with van der Waals surface area (Å²) in [7, 11) is 0. The third-order valence-corrected chi connectivity index (χ3v) is 0.700. The second kappa shape index (κ2) is 2.50. The van der Waals surface area contributed by atoms with Crippen LogP contribution < -0.4 is 11.5 Å². The van der Waals surface area contributed by atoms with Crippen LogP contribution in [0.1, 0.15) is 0 Å². The number of rotatable bonds is 1. The van der Waals surface area contributed by atoms with Crippen LogP contribution in [0.2, 0.25) is 0 Å². The highest BCUT2D eigenvalue weighted by atomic mass is 32.1. The molecule has 4 heteroatoms. The minimum Gasteiger partial charge on any atom is -0.391 e. The Morgan fingerprint density at radius 2 is 2.29 bits per heavy atom. The van der Waals surface area contributed by atoms with Gasteiger partial charge in [-0.15, -0.1) is 0 Å². The van der Waals surface area contributed by atoms with Crippen molar-refractivity contribution in [2.45, 2.75) is 6.04 Å². The first kappa shape index (κ1) is 6.34. The first-order valence-electron chi connectivity index (χ1n) is 1.63. The van der Waals surface area contributed by atoms with Gasteiger partial charge in [-0.2, -0.15) is 5.26 Å². The van der Waals surface area contributed by atoms with Gasteiger partial charge in [-0.1, -0.05) is 12.2 Å². The molecule has 0 radical (unpaired) electrons. The van der Waals surface area contributed by atoms with Gasteiger partial charge >= 0.3 is 0 Å². The fraction of sp³-hybridized carbons (Fsp3) is 0.333. The minimum absolute atomic E-state index is 0.0440. The molecule has 0 bridgehead atoms. The zero-order valence-corrected chi connectivity index (χ0v) is 4.40. The van der Waals surface area contributed by atoms with Crippen LogP contribution in [-0.2, 0) is 0 Å². The van der Waals surface area contributed by atoms with E-state index in [1.807, 2.05) is 0 Å². The third kappa shape index (κ3) is 2.09. The molecule has 0 aromatic carbocycles. The van der Waals surface area contributed by atoms with E-state index in [1.165, 1.54) is 0 Å². The molecule has 0 unspecified atom stereocenters. The van der Waals surface area contributed by atoms with Crippen molar-refractivity contribution in [3.63, 3.8) is 0 Å². The Labute approximate surface area is 46.9 Å². The molecule has 0 saturated carbocycles. The number of thiocarbonyl (C=S) groups is 1. The van der Waals surface area contributed by atoms with Crippen LogP contribution in [0.5, 0.6) is 0 Å². The van der Waals surface area contributed by atoms with Crippen molar-refractivity contribution >= 4 is 17.2 Å². The van der Waals surface area contributed by atoms with Crippen molar-refractivity contribution in [2.75, 3.05) is 0 Å². The summed E-state index contributed by atoms with van der Waals surface area (Å²) in [5.41, 5.74) is 9.92. The molecular weight excluding hydrogens is 110 g/mol. The van der Waals surface area contributed by atoms with Crippen LogP contribution in [0.25, 0.3) is 0 Å². The van der Waals surface area contributed by atoms with Crippen LogP contribution in [0.15, 0.2) is 0 Å². The first-order valence-corrected chi connectivity index (χ1v) is 2.04. The summed E-state index contributed by atoms with van der Waals surface area (Å²) >= 11 is 4.35. The van der Waals surface area contributed by atoms with E-state index in [9.17, 15) is 0 Å². The largest absolute Gasteiger partial charge is 0.391 e. The van der Waals surface area contributed by atoms with E-state index < -0.39 is 6.04 Å². The quantitative estimate of drug-likeness (QED) is 0.435. The SMILES string of the molecule is N#C[C@H](N)C(N)=S. The number of nitrogens with two attached hydrogens (primary N) is 2. The van der Waals surface area contributed by atoms with Crippen LogP contribution in [0.3, 0.4) is 0 Å². The fourth-order valence-electron chi connectivity index (χ4n) is 0.0636. The van der Waals surface area contributed by atoms with Crippen molar-refractivity contribution in [1.82, 2.24) is 0 Å². The Balaban J connectivity index is 3.63. The number of hydrogen-bond acceptors (Lipinski definition) is 3. The molecule has 0 aliphatic heterocycles. The van der Waals surface area contributed by atoms with E-state index >= 15 is 0 Å². The minimum atomic E-state index is -0.782. The fourth-order valence-corrected chi connectivity index (χ4v) is 0.116. The molecule has 7 heavy (non-hydrogen) atoms. The lowest BCUT2D eigenvalue weighted by Crippen LogP contribution is -2.32. The topological polar surface area (TPSA) is 75.8 Å². The van der Waals surface area contributed by atoms with Crippen molar-refractivity contribution in [1.29, 1.82) is 5.26 Å². The highest BCUT2D eigenvalue weighted by Crippen LogP contribution is 1.71. The Kier molecular flexibility index (Phi) is 2.27. The van der Waals surface area contributed by atoms with Crippen molar-refractivity contribution < 1.29 is 0 Å². The molecule has 0 fully saturated rings. The number of nitriles is 1. The summed E-state index contributed by atoms with van der Waals surface area (Å²) < 4.78 is 0. The van der Waals surface area contributed by atoms with Crippen molar-refractivity contribution in [2.24, 2.45) is 11.5 Å². The maximum atomic E-state index is 7.96. The zero-order valence-electron chi connectivity index (χ0n) is 3.59. The lowest BCUT2D eigenvalue weighted by atomic mass is 10.4. The molecule has 0 amide bonds. The highest BCUT2D eigenvalue weighted by molar-refractivity contribution is 7.80. The van der Waals surface area contributed by atoms with Crippen LogP contribution in [0, 0.1) is 11.3 Å². The van der Waals surface area contributed by atoms with E-state index in [-0.39, 0.29) is 4.99 Å². The predicted octanol–water partition coefficient (Wildman–Crippen LogP) is -0.877. The second-order valence-electron chi connectivity index (χ2n) is 1.01. The number of hydrogen-bond donors (Lipinski definition) is 2. The van der Waals surface area contributed by atoms with Gasteiger partial charge in [0.2, 0.25) is 0 Å². The Morgan fingerprint density at radius 3 is 2.29 bits per heavy atom. The molecule has 0 aliphatic rings. The summed E-state index contributed by atoms with van der Waals surface area (Å²) in [6.07, 6.45) is 0. The van der Waals surface area contributed by atoms with Gasteiger partial charge in [0.1, 0.15) is 11.0 Å². The second-order valence-corrected chi connectivity index (χ2v) is 1.48. The first-order chi connectivity index (χ1) is 3.18. The van der Waals surface area contributed by atoms with E-state index in [1.54, 1.807) is 6.07 Å². The molecule has 0 aromatic rings. The summed E-state index contributed by atoms with van der Waals surface area (Å²) in [5, 5.41) is 7.96. The predicted molar refractivity (Wildman–Crippen MR) is 30.4 cm³/mol. The average molecular weight is 115 g/mol. The van der Waals surface area contributed by atoms with Crippen molar-refractivity contribution in [3.05, 3.63) is 0 Å². The third-order valence-electron chi connectivity index (χ3n) is 0.446. The standard InChI is InChI=1S/C3H5N3S/c4-1-2(5)3(6)7/h2H,5H2,(H2,6,7)/t2-/m0/s1. The molecule has 3 nitrogen and oxygen atoms in total. The lowest BCUT2D eigenvalue weighted by molar-refractivity contribution is 1.10. The summed E-state index contributed by atoms with van der Waals surface area (Å²) in [6.45, 7) is 0. The molecular formula is C3H5N3S. The summed E-state index contributed by atoms with van der Waals surface area (Å²) in [6, 6.07) is 0.894. The van der Waals surface area contributed by atoms with Gasteiger partial charge in [0.05, 0.1) is 6.07 Å². The Morgan fingerprint density at radius 1 is 1.86 bits per heavy atom. The van der Waals surface area contributed by atoms with E-state index in [0.717, 1.165) is 0 Å². The maximum Gasteiger partial charge on any atom is 0.143 e. The highest BCUT2D eigenvalue weighted by Gasteiger charge is 1.98. The Bertz CT molecular complexity index is 114. The summed E-state index contributed by atoms with van der Waals surface area (Å²) in [5.74, 6) is 0. The molecule has 0 saturated heterocycles. The molecule has 0 rings (SSSR count). The normalized spacial score (nSPS) is 12.0. The Hall–Kier alpha value is -0.660. The van der Waals surface area contributed by atoms with E-state index in [0.29, 0.717) is 0 Å². The maximum absolute atomic E-state index is 7.96. The van der Waals surface area contributed by atoms with Gasteiger partial charge in [-0.25, -0.2) is 0 Å². The average Bonchev–Trinajstić information content (AvgIpc) is 1.65. The molecule has 38 valence electrons. The van der Waals surface area contributed by atoms with Crippen LogP contribution in [0.4, 0.5) is 0 Å². The van der Waals surface area contributed by atoms with Crippen LogP contribution in [-0.4, -0.2) is 11.0 Å². The lowest BCUT2D eigenvalue weighted by Gasteiger charge is -1.92. The molecule has 0 aromatic heterocycles. The monoisotopic (exact) mass is 115 g/mol. The van der Waals surface area contributed by atoms with Gasteiger partial charge in [0.25, 0.3) is 0 Å². The van der Waals surface area contributed by atoms with E-state index in [4.69, 9.17) is 16.7 Å². The zero-order chi connectivity index (χ0) is 5.86. The van der Waals surface area contributed by atoms with Gasteiger partial charge in [0, 0.05) is 0 Å². The van der Waals surface area contributed by atoms with E-state index in [2.05, 4.69) is 12.2 Å². The van der Waals surface area contributed by atoms with Gasteiger partial charge in [0.15, 0.2) is 0 Å². The van der Waals surface area contributed by atoms with Gasteiger partial charge in [-0.3, -0.25) is 0 Å². The molecule has 0 aliphatic carbocycles. The van der Waals surface area contributed by atoms with Crippen molar-refractivity contribution in [3.8, 4) is 6.07 Å².